The van der Waals surface area contributed by atoms with Gasteiger partial charge in [-0.2, -0.15) is 10.4 Å². The normalized spacial score (nSPS) is 8.80. The van der Waals surface area contributed by atoms with Crippen molar-refractivity contribution < 1.29 is 0 Å². The Morgan fingerprint density at radius 2 is 2.60 bits per heavy atom. The van der Waals surface area contributed by atoms with E-state index >= 15 is 0 Å². The second-order valence-electron chi connectivity index (χ2n) is 2.00. The van der Waals surface area contributed by atoms with Gasteiger partial charge in [-0.1, -0.05) is 6.58 Å². The SMILES string of the molecule is C=C(C#N)c1cn[nH]c1C. The van der Waals surface area contributed by atoms with E-state index in [4.69, 9.17) is 5.26 Å². The van der Waals surface area contributed by atoms with Crippen molar-refractivity contribution in [2.75, 3.05) is 0 Å². The first-order valence-electron chi connectivity index (χ1n) is 2.85. The second-order valence-corrected chi connectivity index (χ2v) is 2.00. The maximum atomic E-state index is 8.44. The molecule has 0 aliphatic heterocycles. The van der Waals surface area contributed by atoms with Gasteiger partial charge in [0, 0.05) is 11.3 Å². The third-order valence-corrected chi connectivity index (χ3v) is 1.29. The van der Waals surface area contributed by atoms with E-state index < -0.39 is 0 Å². The maximum Gasteiger partial charge on any atom is 0.0992 e. The number of H-pyrrole nitrogens is 1. The van der Waals surface area contributed by atoms with Crippen LogP contribution in [-0.4, -0.2) is 10.2 Å². The molecule has 0 fully saturated rings. The summed E-state index contributed by atoms with van der Waals surface area (Å²) < 4.78 is 0. The van der Waals surface area contributed by atoms with Gasteiger partial charge in [0.05, 0.1) is 17.8 Å². The number of allylic oxidation sites excluding steroid dienone is 1. The number of nitriles is 1. The summed E-state index contributed by atoms with van der Waals surface area (Å²) in [4.78, 5) is 0. The molecule has 50 valence electrons. The lowest BCUT2D eigenvalue weighted by atomic mass is 10.1. The fourth-order valence-electron chi connectivity index (χ4n) is 0.715. The molecule has 1 heterocycles. The van der Waals surface area contributed by atoms with Gasteiger partial charge >= 0.3 is 0 Å². The van der Waals surface area contributed by atoms with Crippen LogP contribution in [0.25, 0.3) is 5.57 Å². The molecule has 0 atom stereocenters. The molecule has 3 nitrogen and oxygen atoms in total. The van der Waals surface area contributed by atoms with Crippen molar-refractivity contribution in [1.29, 1.82) is 5.26 Å². The van der Waals surface area contributed by atoms with Gasteiger partial charge < -0.3 is 0 Å². The summed E-state index contributed by atoms with van der Waals surface area (Å²) in [6.07, 6.45) is 1.60. The van der Waals surface area contributed by atoms with E-state index in [0.717, 1.165) is 11.3 Å². The monoisotopic (exact) mass is 133 g/mol. The van der Waals surface area contributed by atoms with Crippen LogP contribution >= 0.6 is 0 Å². The van der Waals surface area contributed by atoms with Crippen LogP contribution in [0.4, 0.5) is 0 Å². The molecule has 0 aliphatic carbocycles. The van der Waals surface area contributed by atoms with E-state index in [0.29, 0.717) is 5.57 Å². The first kappa shape index (κ1) is 6.56. The molecule has 1 aromatic heterocycles. The Kier molecular flexibility index (Phi) is 1.55. The van der Waals surface area contributed by atoms with Crippen LogP contribution in [0.2, 0.25) is 0 Å². The zero-order valence-electron chi connectivity index (χ0n) is 5.68. The van der Waals surface area contributed by atoms with Crippen LogP contribution in [0, 0.1) is 18.3 Å². The van der Waals surface area contributed by atoms with Crippen molar-refractivity contribution >= 4 is 5.57 Å². The minimum atomic E-state index is 0.450. The molecule has 0 saturated heterocycles. The molecule has 1 rings (SSSR count). The van der Waals surface area contributed by atoms with Gasteiger partial charge in [0.1, 0.15) is 0 Å². The van der Waals surface area contributed by atoms with Crippen molar-refractivity contribution in [3.8, 4) is 6.07 Å². The number of aryl methyl sites for hydroxylation is 1. The van der Waals surface area contributed by atoms with Gasteiger partial charge in [-0.15, -0.1) is 0 Å². The fourth-order valence-corrected chi connectivity index (χ4v) is 0.715. The van der Waals surface area contributed by atoms with E-state index in [2.05, 4.69) is 16.8 Å². The zero-order chi connectivity index (χ0) is 7.56. The number of nitrogens with one attached hydrogen (secondary N) is 1. The Morgan fingerprint density at radius 1 is 1.90 bits per heavy atom. The van der Waals surface area contributed by atoms with Crippen LogP contribution < -0.4 is 0 Å². The van der Waals surface area contributed by atoms with E-state index in [-0.39, 0.29) is 0 Å². The van der Waals surface area contributed by atoms with E-state index in [1.807, 2.05) is 13.0 Å². The van der Waals surface area contributed by atoms with E-state index in [1.54, 1.807) is 6.20 Å². The first-order valence-corrected chi connectivity index (χ1v) is 2.85. The predicted octanol–water partition coefficient (Wildman–Crippen LogP) is 1.25. The number of nitrogens with zero attached hydrogens (tertiary/aromatic N) is 2. The van der Waals surface area contributed by atoms with Gasteiger partial charge in [0.2, 0.25) is 0 Å². The molecule has 0 unspecified atom stereocenters. The lowest BCUT2D eigenvalue weighted by Crippen LogP contribution is -1.78. The standard InChI is InChI=1S/C7H7N3/c1-5(3-8)7-4-9-10-6(7)2/h4H,1H2,2H3,(H,9,10). The Labute approximate surface area is 59.0 Å². The number of aromatic amines is 1. The van der Waals surface area contributed by atoms with Crippen molar-refractivity contribution in [2.45, 2.75) is 6.92 Å². The highest BCUT2D eigenvalue weighted by atomic mass is 15.1. The Balaban J connectivity index is 3.08. The summed E-state index contributed by atoms with van der Waals surface area (Å²) >= 11 is 0. The lowest BCUT2D eigenvalue weighted by molar-refractivity contribution is 1.05. The molecule has 10 heavy (non-hydrogen) atoms. The number of hydrogen-bond acceptors (Lipinski definition) is 2. The fraction of sp³-hybridized carbons (Fsp3) is 0.143. The molecule has 1 aromatic rings. The van der Waals surface area contributed by atoms with Gasteiger partial charge in [0.25, 0.3) is 0 Å². The average Bonchev–Trinajstić information content (AvgIpc) is 2.34. The third kappa shape index (κ3) is 0.914. The van der Waals surface area contributed by atoms with E-state index in [1.165, 1.54) is 0 Å². The predicted molar refractivity (Wildman–Crippen MR) is 38.0 cm³/mol. The van der Waals surface area contributed by atoms with Gasteiger partial charge in [0.15, 0.2) is 0 Å². The van der Waals surface area contributed by atoms with Crippen LogP contribution in [0.1, 0.15) is 11.3 Å². The third-order valence-electron chi connectivity index (χ3n) is 1.29. The highest BCUT2D eigenvalue weighted by molar-refractivity contribution is 5.75. The van der Waals surface area contributed by atoms with Crippen molar-refractivity contribution in [3.63, 3.8) is 0 Å². The lowest BCUT2D eigenvalue weighted by Gasteiger charge is -1.89. The quantitative estimate of drug-likeness (QED) is 0.586. The molecular formula is C7H7N3. The summed E-state index contributed by atoms with van der Waals surface area (Å²) in [5.41, 5.74) is 2.13. The smallest absolute Gasteiger partial charge is 0.0992 e. The molecule has 0 aliphatic rings. The minimum Gasteiger partial charge on any atom is -0.282 e. The van der Waals surface area contributed by atoms with Gasteiger partial charge in [-0.3, -0.25) is 5.10 Å². The zero-order valence-corrected chi connectivity index (χ0v) is 5.68. The topological polar surface area (TPSA) is 52.5 Å². The van der Waals surface area contributed by atoms with Crippen LogP contribution in [0.5, 0.6) is 0 Å². The highest BCUT2D eigenvalue weighted by Gasteiger charge is 2.01. The van der Waals surface area contributed by atoms with Gasteiger partial charge in [-0.05, 0) is 6.92 Å². The summed E-state index contributed by atoms with van der Waals surface area (Å²) in [5.74, 6) is 0. The molecule has 0 bridgehead atoms. The highest BCUT2D eigenvalue weighted by Crippen LogP contribution is 2.12. The average molecular weight is 133 g/mol. The van der Waals surface area contributed by atoms with E-state index in [9.17, 15) is 0 Å². The Bertz CT molecular complexity index is 290. The molecule has 0 amide bonds. The summed E-state index contributed by atoms with van der Waals surface area (Å²) in [6, 6.07) is 1.95. The second kappa shape index (κ2) is 2.36. The summed E-state index contributed by atoms with van der Waals surface area (Å²) in [5, 5.41) is 14.9. The minimum absolute atomic E-state index is 0.450. The maximum absolute atomic E-state index is 8.44. The van der Waals surface area contributed by atoms with Crippen molar-refractivity contribution in [1.82, 2.24) is 10.2 Å². The number of aromatic nitrogens is 2. The largest absolute Gasteiger partial charge is 0.282 e. The van der Waals surface area contributed by atoms with Crippen LogP contribution in [0.15, 0.2) is 12.8 Å². The molecule has 1 N–H and O–H groups in total. The molecule has 0 aromatic carbocycles. The van der Waals surface area contributed by atoms with Crippen molar-refractivity contribution in [3.05, 3.63) is 24.0 Å². The van der Waals surface area contributed by atoms with Gasteiger partial charge in [-0.25, -0.2) is 0 Å². The molecule has 0 radical (unpaired) electrons. The Morgan fingerprint density at radius 3 is 3.00 bits per heavy atom. The van der Waals surface area contributed by atoms with Crippen LogP contribution in [0.3, 0.4) is 0 Å². The van der Waals surface area contributed by atoms with Crippen molar-refractivity contribution in [2.24, 2.45) is 0 Å². The molecule has 3 heteroatoms. The summed E-state index contributed by atoms with van der Waals surface area (Å²) in [6.45, 7) is 5.41. The molecule has 0 spiro atoms. The Hall–Kier alpha value is -1.56. The first-order chi connectivity index (χ1) is 4.75. The summed E-state index contributed by atoms with van der Waals surface area (Å²) in [7, 11) is 0. The molecular weight excluding hydrogens is 126 g/mol. The number of rotatable bonds is 1. The van der Waals surface area contributed by atoms with Crippen LogP contribution in [-0.2, 0) is 0 Å². The molecule has 0 saturated carbocycles. The number of hydrogen-bond donors (Lipinski definition) is 1.